The molecule has 1 saturated heterocycles. The van der Waals surface area contributed by atoms with Crippen LogP contribution in [0.2, 0.25) is 0 Å². The molecule has 1 heterocycles. The van der Waals surface area contributed by atoms with Gasteiger partial charge in [0, 0.05) is 19.0 Å². The van der Waals surface area contributed by atoms with E-state index in [0.29, 0.717) is 18.9 Å². The summed E-state index contributed by atoms with van der Waals surface area (Å²) in [5, 5.41) is 15.0. The van der Waals surface area contributed by atoms with Crippen LogP contribution >= 0.6 is 0 Å². The Hall–Kier alpha value is -1.92. The van der Waals surface area contributed by atoms with Crippen LogP contribution in [0.25, 0.3) is 0 Å². The number of amides is 1. The molecule has 0 aromatic heterocycles. The minimum Gasteiger partial charge on any atom is -0.478 e. The summed E-state index contributed by atoms with van der Waals surface area (Å²) in [4.78, 5) is 23.1. The van der Waals surface area contributed by atoms with E-state index in [1.165, 1.54) is 0 Å². The lowest BCUT2D eigenvalue weighted by molar-refractivity contribution is -0.117. The average molecular weight is 278 g/mol. The maximum atomic E-state index is 11.9. The minimum absolute atomic E-state index is 0.0255. The standard InChI is InChI=1S/C14H18N2O4/c1-9-2-3-12(11(6-9)14(18)19)16-13(17)7-10-8-20-5-4-15-10/h2-3,6,10,15H,4-5,7-8H2,1H3,(H,16,17)(H,18,19). The second kappa shape index (κ2) is 6.49. The Kier molecular flexibility index (Phi) is 4.70. The van der Waals surface area contributed by atoms with E-state index < -0.39 is 5.97 Å². The van der Waals surface area contributed by atoms with Crippen LogP contribution in [0, 0.1) is 6.92 Å². The molecule has 1 aliphatic heterocycles. The molecular formula is C14H18N2O4. The molecule has 6 nitrogen and oxygen atoms in total. The van der Waals surface area contributed by atoms with Crippen molar-refractivity contribution >= 4 is 17.6 Å². The van der Waals surface area contributed by atoms with Gasteiger partial charge in [-0.15, -0.1) is 0 Å². The number of hydrogen-bond donors (Lipinski definition) is 3. The number of aryl methyl sites for hydroxylation is 1. The van der Waals surface area contributed by atoms with Gasteiger partial charge in [-0.2, -0.15) is 0 Å². The van der Waals surface area contributed by atoms with Gasteiger partial charge in [-0.3, -0.25) is 4.79 Å². The van der Waals surface area contributed by atoms with Gasteiger partial charge < -0.3 is 20.5 Å². The molecule has 0 radical (unpaired) electrons. The van der Waals surface area contributed by atoms with Gasteiger partial charge >= 0.3 is 5.97 Å². The molecule has 108 valence electrons. The van der Waals surface area contributed by atoms with Gasteiger partial charge in [0.1, 0.15) is 0 Å². The fourth-order valence-corrected chi connectivity index (χ4v) is 2.12. The lowest BCUT2D eigenvalue weighted by atomic mass is 10.1. The van der Waals surface area contributed by atoms with Gasteiger partial charge in [0.2, 0.25) is 5.91 Å². The van der Waals surface area contributed by atoms with Crippen LogP contribution in [0.15, 0.2) is 18.2 Å². The molecular weight excluding hydrogens is 260 g/mol. The van der Waals surface area contributed by atoms with Crippen LogP contribution in [0.4, 0.5) is 5.69 Å². The highest BCUT2D eigenvalue weighted by molar-refractivity contribution is 6.00. The van der Waals surface area contributed by atoms with E-state index in [1.807, 2.05) is 0 Å². The molecule has 20 heavy (non-hydrogen) atoms. The molecule has 0 bridgehead atoms. The van der Waals surface area contributed by atoms with Gasteiger partial charge in [-0.05, 0) is 19.1 Å². The van der Waals surface area contributed by atoms with Crippen molar-refractivity contribution in [3.63, 3.8) is 0 Å². The number of anilines is 1. The number of carbonyl (C=O) groups is 2. The molecule has 0 saturated carbocycles. The van der Waals surface area contributed by atoms with Crippen LogP contribution in [0.1, 0.15) is 22.3 Å². The first-order chi connectivity index (χ1) is 9.56. The SMILES string of the molecule is Cc1ccc(NC(=O)CC2COCCN2)c(C(=O)O)c1. The van der Waals surface area contributed by atoms with E-state index in [9.17, 15) is 9.59 Å². The largest absolute Gasteiger partial charge is 0.478 e. The second-order valence-corrected chi connectivity index (χ2v) is 4.83. The van der Waals surface area contributed by atoms with E-state index in [1.54, 1.807) is 25.1 Å². The lowest BCUT2D eigenvalue weighted by Gasteiger charge is -2.23. The lowest BCUT2D eigenvalue weighted by Crippen LogP contribution is -2.43. The normalized spacial score (nSPS) is 18.6. The molecule has 1 aromatic carbocycles. The minimum atomic E-state index is -1.05. The molecule has 0 aliphatic carbocycles. The van der Waals surface area contributed by atoms with Crippen molar-refractivity contribution in [1.29, 1.82) is 0 Å². The van der Waals surface area contributed by atoms with Crippen molar-refractivity contribution in [2.24, 2.45) is 0 Å². The number of rotatable bonds is 4. The van der Waals surface area contributed by atoms with Crippen LogP contribution in [-0.4, -0.2) is 42.8 Å². The Morgan fingerprint density at radius 2 is 2.30 bits per heavy atom. The third kappa shape index (κ3) is 3.79. The highest BCUT2D eigenvalue weighted by Gasteiger charge is 2.18. The maximum absolute atomic E-state index is 11.9. The van der Waals surface area contributed by atoms with E-state index in [4.69, 9.17) is 9.84 Å². The van der Waals surface area contributed by atoms with Crippen molar-refractivity contribution in [1.82, 2.24) is 5.32 Å². The first-order valence-corrected chi connectivity index (χ1v) is 6.51. The van der Waals surface area contributed by atoms with Gasteiger partial charge in [-0.25, -0.2) is 4.79 Å². The zero-order valence-corrected chi connectivity index (χ0v) is 11.3. The summed E-state index contributed by atoms with van der Waals surface area (Å²) in [7, 11) is 0. The molecule has 0 spiro atoms. The van der Waals surface area contributed by atoms with E-state index in [0.717, 1.165) is 12.1 Å². The van der Waals surface area contributed by atoms with Crippen LogP contribution < -0.4 is 10.6 Å². The molecule has 1 aromatic rings. The zero-order chi connectivity index (χ0) is 14.5. The summed E-state index contributed by atoms with van der Waals surface area (Å²) >= 11 is 0. The Bertz CT molecular complexity index is 510. The Morgan fingerprint density at radius 1 is 1.50 bits per heavy atom. The van der Waals surface area contributed by atoms with Crippen LogP contribution in [0.3, 0.4) is 0 Å². The fraction of sp³-hybridized carbons (Fsp3) is 0.429. The predicted octanol–water partition coefficient (Wildman–Crippen LogP) is 1.01. The number of aromatic carboxylic acids is 1. The zero-order valence-electron chi connectivity index (χ0n) is 11.3. The number of hydrogen-bond acceptors (Lipinski definition) is 4. The van der Waals surface area contributed by atoms with E-state index in [2.05, 4.69) is 10.6 Å². The topological polar surface area (TPSA) is 87.7 Å². The molecule has 1 amide bonds. The summed E-state index contributed by atoms with van der Waals surface area (Å²) < 4.78 is 5.27. The van der Waals surface area contributed by atoms with Crippen molar-refractivity contribution in [2.75, 3.05) is 25.1 Å². The van der Waals surface area contributed by atoms with Crippen molar-refractivity contribution in [2.45, 2.75) is 19.4 Å². The third-order valence-corrected chi connectivity index (χ3v) is 3.11. The molecule has 1 aliphatic rings. The van der Waals surface area contributed by atoms with Crippen LogP contribution in [-0.2, 0) is 9.53 Å². The number of ether oxygens (including phenoxy) is 1. The monoisotopic (exact) mass is 278 g/mol. The summed E-state index contributed by atoms with van der Waals surface area (Å²) in [6, 6.07) is 4.90. The number of benzene rings is 1. The van der Waals surface area contributed by atoms with Gasteiger partial charge in [0.15, 0.2) is 0 Å². The van der Waals surface area contributed by atoms with Crippen molar-refractivity contribution in [3.05, 3.63) is 29.3 Å². The number of carboxylic acid groups (broad SMARTS) is 1. The molecule has 1 unspecified atom stereocenters. The molecule has 6 heteroatoms. The van der Waals surface area contributed by atoms with Gasteiger partial charge in [0.25, 0.3) is 0 Å². The summed E-state index contributed by atoms with van der Waals surface area (Å²) in [5.74, 6) is -1.28. The summed E-state index contributed by atoms with van der Waals surface area (Å²) in [6.07, 6.45) is 0.257. The third-order valence-electron chi connectivity index (χ3n) is 3.11. The smallest absolute Gasteiger partial charge is 0.337 e. The first-order valence-electron chi connectivity index (χ1n) is 6.51. The van der Waals surface area contributed by atoms with Gasteiger partial charge in [-0.1, -0.05) is 11.6 Å². The predicted molar refractivity (Wildman–Crippen MR) is 74.0 cm³/mol. The molecule has 2 rings (SSSR count). The Balaban J connectivity index is 2.01. The Morgan fingerprint density at radius 3 is 2.95 bits per heavy atom. The maximum Gasteiger partial charge on any atom is 0.337 e. The summed E-state index contributed by atoms with van der Waals surface area (Å²) in [5.41, 5.74) is 1.26. The molecule has 1 fully saturated rings. The van der Waals surface area contributed by atoms with Gasteiger partial charge in [0.05, 0.1) is 24.5 Å². The van der Waals surface area contributed by atoms with E-state index >= 15 is 0 Å². The number of morpholine rings is 1. The van der Waals surface area contributed by atoms with Crippen molar-refractivity contribution in [3.8, 4) is 0 Å². The highest BCUT2D eigenvalue weighted by atomic mass is 16.5. The van der Waals surface area contributed by atoms with Crippen LogP contribution in [0.5, 0.6) is 0 Å². The average Bonchev–Trinajstić information content (AvgIpc) is 2.41. The highest BCUT2D eigenvalue weighted by Crippen LogP contribution is 2.18. The second-order valence-electron chi connectivity index (χ2n) is 4.83. The quantitative estimate of drug-likeness (QED) is 0.765. The number of carbonyl (C=O) groups excluding carboxylic acids is 1. The number of carboxylic acids is 1. The van der Waals surface area contributed by atoms with E-state index in [-0.39, 0.29) is 23.9 Å². The molecule has 1 atom stereocenters. The number of nitrogens with one attached hydrogen (secondary N) is 2. The van der Waals surface area contributed by atoms with Crippen molar-refractivity contribution < 1.29 is 19.4 Å². The fourth-order valence-electron chi connectivity index (χ4n) is 2.12. The Labute approximate surface area is 117 Å². The first kappa shape index (κ1) is 14.5. The molecule has 3 N–H and O–H groups in total. The summed E-state index contributed by atoms with van der Waals surface area (Å²) in [6.45, 7) is 3.68.